The van der Waals surface area contributed by atoms with E-state index in [0.717, 1.165) is 12.1 Å². The van der Waals surface area contributed by atoms with E-state index < -0.39 is 28.0 Å². The molecule has 0 atom stereocenters. The van der Waals surface area contributed by atoms with Crippen LogP contribution in [0.1, 0.15) is 45.1 Å². The Bertz CT molecular complexity index is 811. The van der Waals surface area contributed by atoms with Gasteiger partial charge < -0.3 is 13.7 Å². The van der Waals surface area contributed by atoms with Crippen LogP contribution in [0.25, 0.3) is 11.0 Å². The third kappa shape index (κ3) is 6.07. The normalized spacial score (nSPS) is 12.0. The Morgan fingerprint density at radius 3 is 2.19 bits per heavy atom. The summed E-state index contributed by atoms with van der Waals surface area (Å²) < 4.78 is 67.9. The highest BCUT2D eigenvalue weighted by molar-refractivity contribution is 7.88. The van der Waals surface area contributed by atoms with Gasteiger partial charge in [-0.15, -0.1) is 0 Å². The van der Waals surface area contributed by atoms with Crippen molar-refractivity contribution in [1.29, 1.82) is 0 Å². The molecule has 5 nitrogen and oxygen atoms in total. The summed E-state index contributed by atoms with van der Waals surface area (Å²) in [6.45, 7) is 3.92. The van der Waals surface area contributed by atoms with E-state index in [-0.39, 0.29) is 21.8 Å². The molecule has 26 heavy (non-hydrogen) atoms. The van der Waals surface area contributed by atoms with Gasteiger partial charge in [-0.3, -0.25) is 0 Å². The van der Waals surface area contributed by atoms with Crippen LogP contribution in [0.15, 0.2) is 22.6 Å². The topological polar surface area (TPSA) is 76.7 Å². The van der Waals surface area contributed by atoms with E-state index in [4.69, 9.17) is 21.1 Å². The molecule has 2 rings (SSSR count). The summed E-state index contributed by atoms with van der Waals surface area (Å²) in [5.74, 6) is -0.625. The van der Waals surface area contributed by atoms with Gasteiger partial charge in [-0.05, 0) is 29.3 Å². The first-order chi connectivity index (χ1) is 12.1. The molecule has 1 aromatic carbocycles. The maximum absolute atomic E-state index is 12.3. The molecule has 0 radical (unpaired) electrons. The van der Waals surface area contributed by atoms with Gasteiger partial charge in [0.25, 0.3) is 0 Å². The zero-order valence-electron chi connectivity index (χ0n) is 14.3. The molecule has 0 amide bonds. The Labute approximate surface area is 154 Å². The van der Waals surface area contributed by atoms with Gasteiger partial charge in [0.05, 0.1) is 12.0 Å². The number of alkyl halides is 3. The van der Waals surface area contributed by atoms with Crippen molar-refractivity contribution in [3.05, 3.63) is 29.0 Å². The lowest BCUT2D eigenvalue weighted by atomic mass is 10.1. The van der Waals surface area contributed by atoms with Gasteiger partial charge in [-0.25, -0.2) is 0 Å². The van der Waals surface area contributed by atoms with Gasteiger partial charge in [-0.1, -0.05) is 39.5 Å². The number of hydrogen-bond donors (Lipinski definition) is 1. The molecule has 2 aromatic rings. The van der Waals surface area contributed by atoms with Gasteiger partial charge in [0.2, 0.25) is 0 Å². The predicted molar refractivity (Wildman–Crippen MR) is 92.6 cm³/mol. The van der Waals surface area contributed by atoms with Crippen LogP contribution in [0.4, 0.5) is 13.2 Å². The maximum Gasteiger partial charge on any atom is 0.534 e. The SMILES string of the molecule is CCCCCC.O=S(=O)(Oc1cc(CO)cc2oc(Cl)cc12)C(F)(F)F. The van der Waals surface area contributed by atoms with Crippen LogP contribution in [0, 0.1) is 0 Å². The molecule has 0 bridgehead atoms. The molecule has 148 valence electrons. The molecular weight excluding hydrogens is 397 g/mol. The summed E-state index contributed by atoms with van der Waals surface area (Å²) in [6, 6.07) is 3.37. The molecule has 1 aromatic heterocycles. The predicted octanol–water partition coefficient (Wildman–Crippen LogP) is 5.39. The number of aliphatic hydroxyl groups is 1. The molecule has 0 unspecified atom stereocenters. The molecule has 0 aliphatic carbocycles. The summed E-state index contributed by atoms with van der Waals surface area (Å²) in [6.07, 6.45) is 5.54. The number of benzene rings is 1. The highest BCUT2D eigenvalue weighted by Crippen LogP contribution is 2.35. The standard InChI is InChI=1S/C10H6ClF3O5S.C6H14/c11-9-3-6-7(18-9)1-5(4-15)2-8(6)19-20(16,17)10(12,13)14;1-3-5-6-4-2/h1-3,15H,4H2;3-6H2,1-2H3. The lowest BCUT2D eigenvalue weighted by Gasteiger charge is -2.10. The van der Waals surface area contributed by atoms with Crippen molar-refractivity contribution in [1.82, 2.24) is 0 Å². The molecule has 0 saturated heterocycles. The van der Waals surface area contributed by atoms with Crippen molar-refractivity contribution in [2.45, 2.75) is 51.6 Å². The highest BCUT2D eigenvalue weighted by atomic mass is 35.5. The first-order valence-corrected chi connectivity index (χ1v) is 9.67. The molecule has 1 N–H and O–H groups in total. The highest BCUT2D eigenvalue weighted by Gasteiger charge is 2.48. The average molecular weight is 417 g/mol. The monoisotopic (exact) mass is 416 g/mol. The molecule has 10 heteroatoms. The van der Waals surface area contributed by atoms with Crippen molar-refractivity contribution < 1.29 is 35.3 Å². The summed E-state index contributed by atoms with van der Waals surface area (Å²) >= 11 is 5.56. The second kappa shape index (κ2) is 9.48. The average Bonchev–Trinajstić information content (AvgIpc) is 2.92. The van der Waals surface area contributed by atoms with Crippen molar-refractivity contribution in [3.63, 3.8) is 0 Å². The van der Waals surface area contributed by atoms with Crippen LogP contribution in [0.5, 0.6) is 5.75 Å². The second-order valence-corrected chi connectivity index (χ2v) is 7.32. The van der Waals surface area contributed by atoms with Crippen molar-refractivity contribution in [2.75, 3.05) is 0 Å². The fraction of sp³-hybridized carbons (Fsp3) is 0.500. The van der Waals surface area contributed by atoms with Gasteiger partial charge in [0.15, 0.2) is 11.0 Å². The van der Waals surface area contributed by atoms with Crippen LogP contribution < -0.4 is 4.18 Å². The van der Waals surface area contributed by atoms with Crippen LogP contribution in [-0.4, -0.2) is 19.0 Å². The minimum absolute atomic E-state index is 0.00563. The molecular formula is C16H20ClF3O5S. The lowest BCUT2D eigenvalue weighted by molar-refractivity contribution is -0.0499. The van der Waals surface area contributed by atoms with E-state index >= 15 is 0 Å². The first kappa shape index (κ1) is 22.6. The Kier molecular flexibility index (Phi) is 8.23. The first-order valence-electron chi connectivity index (χ1n) is 7.89. The summed E-state index contributed by atoms with van der Waals surface area (Å²) in [4.78, 5) is 0. The van der Waals surface area contributed by atoms with E-state index in [1.165, 1.54) is 31.7 Å². The summed E-state index contributed by atoms with van der Waals surface area (Å²) in [7, 11) is -5.82. The van der Waals surface area contributed by atoms with E-state index in [2.05, 4.69) is 18.0 Å². The number of hydrogen-bond acceptors (Lipinski definition) is 5. The van der Waals surface area contributed by atoms with Gasteiger partial charge in [-0.2, -0.15) is 21.6 Å². The number of furan rings is 1. The molecule has 0 spiro atoms. The van der Waals surface area contributed by atoms with Gasteiger partial charge in [0, 0.05) is 6.07 Å². The lowest BCUT2D eigenvalue weighted by Crippen LogP contribution is -2.28. The molecule has 0 fully saturated rings. The fourth-order valence-corrected chi connectivity index (χ4v) is 2.62. The summed E-state index contributed by atoms with van der Waals surface area (Å²) in [5.41, 5.74) is -5.47. The second-order valence-electron chi connectivity index (χ2n) is 5.40. The van der Waals surface area contributed by atoms with Crippen LogP contribution >= 0.6 is 11.6 Å². The molecule has 0 aliphatic heterocycles. The number of aliphatic hydroxyl groups excluding tert-OH is 1. The third-order valence-electron chi connectivity index (χ3n) is 3.25. The summed E-state index contributed by atoms with van der Waals surface area (Å²) in [5, 5.41) is 8.77. The fourth-order valence-electron chi connectivity index (χ4n) is 1.96. The minimum atomic E-state index is -5.82. The Morgan fingerprint density at radius 1 is 1.15 bits per heavy atom. The third-order valence-corrected chi connectivity index (χ3v) is 4.40. The smallest absolute Gasteiger partial charge is 0.445 e. The number of rotatable bonds is 6. The quantitative estimate of drug-likeness (QED) is 0.388. The Morgan fingerprint density at radius 2 is 1.73 bits per heavy atom. The van der Waals surface area contributed by atoms with E-state index in [1.54, 1.807) is 0 Å². The number of unbranched alkanes of at least 4 members (excludes halogenated alkanes) is 3. The van der Waals surface area contributed by atoms with Crippen LogP contribution in [0.3, 0.4) is 0 Å². The van der Waals surface area contributed by atoms with Crippen molar-refractivity contribution in [2.24, 2.45) is 0 Å². The van der Waals surface area contributed by atoms with E-state index in [0.29, 0.717) is 0 Å². The van der Waals surface area contributed by atoms with E-state index in [9.17, 15) is 21.6 Å². The largest absolute Gasteiger partial charge is 0.534 e. The van der Waals surface area contributed by atoms with Crippen LogP contribution in [-0.2, 0) is 16.7 Å². The van der Waals surface area contributed by atoms with Gasteiger partial charge in [0.1, 0.15) is 5.58 Å². The van der Waals surface area contributed by atoms with Crippen molar-refractivity contribution in [3.8, 4) is 5.75 Å². The number of fused-ring (bicyclic) bond motifs is 1. The molecule has 0 saturated carbocycles. The Balaban J connectivity index is 0.000000487. The van der Waals surface area contributed by atoms with E-state index in [1.807, 2.05) is 0 Å². The zero-order chi connectivity index (χ0) is 20.0. The van der Waals surface area contributed by atoms with Gasteiger partial charge >= 0.3 is 15.6 Å². The molecule has 0 aliphatic rings. The van der Waals surface area contributed by atoms with Crippen LogP contribution in [0.2, 0.25) is 5.22 Å². The minimum Gasteiger partial charge on any atom is -0.445 e. The Hall–Kier alpha value is -1.45. The molecule has 1 heterocycles. The number of halogens is 4. The van der Waals surface area contributed by atoms with Crippen molar-refractivity contribution >= 4 is 32.7 Å². The zero-order valence-corrected chi connectivity index (χ0v) is 15.8. The maximum atomic E-state index is 12.3.